The fourth-order valence-corrected chi connectivity index (χ4v) is 3.44. The Morgan fingerprint density at radius 2 is 2.00 bits per heavy atom. The van der Waals surface area contributed by atoms with Gasteiger partial charge in [0, 0.05) is 13.2 Å². The van der Waals surface area contributed by atoms with Gasteiger partial charge < -0.3 is 15.6 Å². The van der Waals surface area contributed by atoms with Crippen LogP contribution in [0.2, 0.25) is 0 Å². The van der Waals surface area contributed by atoms with Gasteiger partial charge in [0.15, 0.2) is 0 Å². The zero-order chi connectivity index (χ0) is 12.7. The molecule has 0 radical (unpaired) electrons. The first-order valence-corrected chi connectivity index (χ1v) is 6.89. The second kappa shape index (κ2) is 4.22. The molecule has 17 heavy (non-hydrogen) atoms. The number of hydrogen-bond donors (Lipinski definition) is 2. The first-order valence-electron chi connectivity index (χ1n) is 6.89. The predicted molar refractivity (Wildman–Crippen MR) is 68.7 cm³/mol. The monoisotopic (exact) mass is 241 g/mol. The molecule has 0 bridgehead atoms. The molecule has 2 unspecified atom stereocenters. The van der Waals surface area contributed by atoms with Crippen molar-refractivity contribution in [2.75, 3.05) is 13.2 Å². The van der Waals surface area contributed by atoms with E-state index in [1.807, 2.05) is 0 Å². The number of hydrogen-bond acceptors (Lipinski definition) is 3. The summed E-state index contributed by atoms with van der Waals surface area (Å²) in [5, 5.41) is 11.0. The number of rotatable bonds is 2. The highest BCUT2D eigenvalue weighted by Gasteiger charge is 2.52. The number of nitrogens with two attached hydrogens (primary N) is 1. The Morgan fingerprint density at radius 3 is 2.41 bits per heavy atom. The van der Waals surface area contributed by atoms with E-state index in [-0.39, 0.29) is 16.9 Å². The Morgan fingerprint density at radius 1 is 1.35 bits per heavy atom. The summed E-state index contributed by atoms with van der Waals surface area (Å²) in [4.78, 5) is 0. The fourth-order valence-electron chi connectivity index (χ4n) is 3.44. The van der Waals surface area contributed by atoms with Crippen molar-refractivity contribution in [1.82, 2.24) is 0 Å². The van der Waals surface area contributed by atoms with Crippen LogP contribution >= 0.6 is 0 Å². The van der Waals surface area contributed by atoms with Gasteiger partial charge in [0.2, 0.25) is 0 Å². The molecule has 0 aromatic carbocycles. The number of ether oxygens (including phenoxy) is 1. The van der Waals surface area contributed by atoms with Gasteiger partial charge in [0.25, 0.3) is 0 Å². The van der Waals surface area contributed by atoms with Crippen molar-refractivity contribution in [3.63, 3.8) is 0 Å². The first-order chi connectivity index (χ1) is 7.83. The first kappa shape index (κ1) is 13.3. The van der Waals surface area contributed by atoms with Crippen molar-refractivity contribution in [2.24, 2.45) is 17.1 Å². The highest BCUT2D eigenvalue weighted by molar-refractivity contribution is 5.03. The van der Waals surface area contributed by atoms with E-state index in [0.717, 1.165) is 32.3 Å². The second-order valence-electron chi connectivity index (χ2n) is 6.95. The van der Waals surface area contributed by atoms with Gasteiger partial charge in [-0.25, -0.2) is 0 Å². The summed E-state index contributed by atoms with van der Waals surface area (Å²) in [7, 11) is 0. The van der Waals surface area contributed by atoms with Crippen LogP contribution in [0.4, 0.5) is 0 Å². The Balaban J connectivity index is 2.14. The Bertz CT molecular complexity index is 280. The van der Waals surface area contributed by atoms with E-state index < -0.39 is 5.60 Å². The minimum Gasteiger partial charge on any atom is -0.388 e. The molecule has 1 saturated heterocycles. The van der Waals surface area contributed by atoms with Gasteiger partial charge in [-0.2, -0.15) is 0 Å². The summed E-state index contributed by atoms with van der Waals surface area (Å²) >= 11 is 0. The maximum atomic E-state index is 11.0. The average molecular weight is 241 g/mol. The summed E-state index contributed by atoms with van der Waals surface area (Å²) in [5.41, 5.74) is 5.03. The van der Waals surface area contributed by atoms with Crippen LogP contribution in [-0.2, 0) is 4.74 Å². The molecule has 1 aliphatic heterocycles. The fraction of sp³-hybridized carbons (Fsp3) is 1.00. The van der Waals surface area contributed by atoms with Crippen molar-refractivity contribution >= 4 is 0 Å². The minimum absolute atomic E-state index is 0.0807. The van der Waals surface area contributed by atoms with Crippen LogP contribution in [0.5, 0.6) is 0 Å². The van der Waals surface area contributed by atoms with Crippen LogP contribution in [0.1, 0.15) is 52.9 Å². The standard InChI is InChI=1S/C14H27NO2/c1-12(2,3)14(16,10-15)11-5-8-17-13(9-11)6-4-7-13/h11,16H,4-10,15H2,1-3H3. The minimum atomic E-state index is -0.765. The molecular formula is C14H27NO2. The molecule has 1 saturated carbocycles. The molecule has 1 heterocycles. The quantitative estimate of drug-likeness (QED) is 0.778. The molecule has 1 spiro atoms. The van der Waals surface area contributed by atoms with Crippen LogP contribution < -0.4 is 5.73 Å². The van der Waals surface area contributed by atoms with E-state index in [1.54, 1.807) is 0 Å². The highest BCUT2D eigenvalue weighted by Crippen LogP contribution is 2.49. The van der Waals surface area contributed by atoms with Gasteiger partial charge >= 0.3 is 0 Å². The molecule has 2 rings (SSSR count). The van der Waals surface area contributed by atoms with E-state index >= 15 is 0 Å². The summed E-state index contributed by atoms with van der Waals surface area (Å²) < 4.78 is 5.93. The second-order valence-corrected chi connectivity index (χ2v) is 6.95. The molecule has 0 amide bonds. The summed E-state index contributed by atoms with van der Waals surface area (Å²) in [6, 6.07) is 0. The van der Waals surface area contributed by atoms with Gasteiger partial charge in [0.1, 0.15) is 0 Å². The lowest BCUT2D eigenvalue weighted by Gasteiger charge is -2.54. The molecule has 3 heteroatoms. The summed E-state index contributed by atoms with van der Waals surface area (Å²) in [6.07, 6.45) is 5.51. The molecule has 0 aromatic rings. The van der Waals surface area contributed by atoms with Gasteiger partial charge in [-0.15, -0.1) is 0 Å². The zero-order valence-electron chi connectivity index (χ0n) is 11.5. The maximum Gasteiger partial charge on any atom is 0.0847 e. The molecule has 2 fully saturated rings. The predicted octanol–water partition coefficient (Wildman–Crippen LogP) is 2.07. The Hall–Kier alpha value is -0.120. The topological polar surface area (TPSA) is 55.5 Å². The Labute approximate surface area is 105 Å². The lowest BCUT2D eigenvalue weighted by atomic mass is 9.61. The van der Waals surface area contributed by atoms with Crippen LogP contribution in [-0.4, -0.2) is 29.5 Å². The van der Waals surface area contributed by atoms with Crippen molar-refractivity contribution in [3.8, 4) is 0 Å². The molecule has 3 N–H and O–H groups in total. The van der Waals surface area contributed by atoms with Gasteiger partial charge in [-0.05, 0) is 43.4 Å². The molecule has 3 nitrogen and oxygen atoms in total. The third-order valence-corrected chi connectivity index (χ3v) is 5.04. The Kier molecular flexibility index (Phi) is 3.30. The molecule has 0 aromatic heterocycles. The van der Waals surface area contributed by atoms with Crippen LogP contribution in [0.15, 0.2) is 0 Å². The van der Waals surface area contributed by atoms with E-state index in [0.29, 0.717) is 6.54 Å². The molecule has 2 aliphatic rings. The molecular weight excluding hydrogens is 214 g/mol. The lowest BCUT2D eigenvalue weighted by molar-refractivity contribution is -0.194. The summed E-state index contributed by atoms with van der Waals surface area (Å²) in [5.74, 6) is 0.279. The van der Waals surface area contributed by atoms with Gasteiger partial charge in [0.05, 0.1) is 11.2 Å². The van der Waals surface area contributed by atoms with E-state index in [2.05, 4.69) is 20.8 Å². The molecule has 100 valence electrons. The maximum absolute atomic E-state index is 11.0. The SMILES string of the molecule is CC(C)(C)C(O)(CN)C1CCOC2(CCC2)C1. The highest BCUT2D eigenvalue weighted by atomic mass is 16.5. The van der Waals surface area contributed by atoms with Crippen LogP contribution in [0.25, 0.3) is 0 Å². The third kappa shape index (κ3) is 2.13. The van der Waals surface area contributed by atoms with Crippen molar-refractivity contribution < 1.29 is 9.84 Å². The van der Waals surface area contributed by atoms with Gasteiger partial charge in [-0.1, -0.05) is 20.8 Å². The van der Waals surface area contributed by atoms with Crippen LogP contribution in [0, 0.1) is 11.3 Å². The van der Waals surface area contributed by atoms with E-state index in [1.165, 1.54) is 6.42 Å². The van der Waals surface area contributed by atoms with Crippen molar-refractivity contribution in [1.29, 1.82) is 0 Å². The van der Waals surface area contributed by atoms with Crippen LogP contribution in [0.3, 0.4) is 0 Å². The largest absolute Gasteiger partial charge is 0.388 e. The van der Waals surface area contributed by atoms with E-state index in [4.69, 9.17) is 10.5 Å². The average Bonchev–Trinajstić information content (AvgIpc) is 2.24. The van der Waals surface area contributed by atoms with Crippen molar-refractivity contribution in [3.05, 3.63) is 0 Å². The zero-order valence-corrected chi connectivity index (χ0v) is 11.5. The smallest absolute Gasteiger partial charge is 0.0847 e. The summed E-state index contributed by atoms with van der Waals surface area (Å²) in [6.45, 7) is 7.38. The molecule has 2 atom stereocenters. The van der Waals surface area contributed by atoms with E-state index in [9.17, 15) is 5.11 Å². The normalized spacial score (nSPS) is 31.9. The van der Waals surface area contributed by atoms with Crippen molar-refractivity contribution in [2.45, 2.75) is 64.1 Å². The lowest BCUT2D eigenvalue weighted by Crippen LogP contribution is -2.59. The third-order valence-electron chi connectivity index (χ3n) is 5.04. The number of aliphatic hydroxyl groups is 1. The molecule has 1 aliphatic carbocycles. The van der Waals surface area contributed by atoms with Gasteiger partial charge in [-0.3, -0.25) is 0 Å².